The van der Waals surface area contributed by atoms with Crippen molar-refractivity contribution in [1.29, 1.82) is 0 Å². The molecule has 0 bridgehead atoms. The third kappa shape index (κ3) is 4.55. The van der Waals surface area contributed by atoms with E-state index in [1.165, 1.54) is 0 Å². The molecule has 2 fully saturated rings. The molecule has 3 aromatic rings. The average Bonchev–Trinajstić information content (AvgIpc) is 3.74. The minimum absolute atomic E-state index is 0.0336. The average molecular weight is 501 g/mol. The lowest BCUT2D eigenvalue weighted by molar-refractivity contribution is -0.134. The third-order valence-corrected chi connectivity index (χ3v) is 8.17. The Morgan fingerprint density at radius 3 is 2.38 bits per heavy atom. The molecule has 1 aliphatic heterocycles. The maximum absolute atomic E-state index is 13.8. The summed E-state index contributed by atoms with van der Waals surface area (Å²) in [5.41, 5.74) is 6.05. The summed E-state index contributed by atoms with van der Waals surface area (Å²) in [5.74, 6) is 0.233. The van der Waals surface area contributed by atoms with Gasteiger partial charge in [0.05, 0.1) is 0 Å². The number of para-hydroxylation sites is 1. The second-order valence-corrected chi connectivity index (χ2v) is 10.6. The molecule has 1 unspecified atom stereocenters. The van der Waals surface area contributed by atoms with E-state index in [4.69, 9.17) is 5.21 Å². The van der Waals surface area contributed by atoms with Crippen LogP contribution in [0.5, 0.6) is 0 Å². The Balaban J connectivity index is 1.20. The van der Waals surface area contributed by atoms with Crippen LogP contribution in [0.4, 0.5) is 0 Å². The van der Waals surface area contributed by atoms with Gasteiger partial charge in [0.1, 0.15) is 0 Å². The monoisotopic (exact) mass is 500 g/mol. The standard InChI is InChI=1S/C29H32N4O4/c34-27-22(18-31-13-15-32(16-14-31)29(36)21-9-10-21)11-12-25-26(27)23-3-1-2-4-24(23)33(25)17-19-5-7-20(8-6-19)28(35)30-37/h1-8,21-22,37H,9-18H2,(H,30,35). The van der Waals surface area contributed by atoms with Crippen LogP contribution < -0.4 is 5.48 Å². The normalized spacial score (nSPS) is 20.2. The van der Waals surface area contributed by atoms with E-state index in [0.717, 1.165) is 86.1 Å². The molecular formula is C29H32N4O4. The van der Waals surface area contributed by atoms with E-state index in [-0.39, 0.29) is 17.6 Å². The molecule has 0 radical (unpaired) electrons. The molecule has 1 aromatic heterocycles. The molecule has 1 atom stereocenters. The molecule has 1 saturated carbocycles. The number of fused-ring (bicyclic) bond motifs is 3. The van der Waals surface area contributed by atoms with E-state index in [2.05, 4.69) is 15.5 Å². The Kier molecular flexibility index (Phi) is 6.30. The zero-order valence-electron chi connectivity index (χ0n) is 20.9. The molecule has 6 rings (SSSR count). The number of nitrogens with zero attached hydrogens (tertiary/aromatic N) is 3. The van der Waals surface area contributed by atoms with Crippen molar-refractivity contribution in [2.75, 3.05) is 32.7 Å². The number of benzene rings is 2. The topological polar surface area (TPSA) is 94.9 Å². The zero-order valence-corrected chi connectivity index (χ0v) is 20.9. The first-order chi connectivity index (χ1) is 18.0. The summed E-state index contributed by atoms with van der Waals surface area (Å²) in [7, 11) is 0. The van der Waals surface area contributed by atoms with Crippen LogP contribution in [0.15, 0.2) is 48.5 Å². The molecule has 0 spiro atoms. The van der Waals surface area contributed by atoms with Gasteiger partial charge in [-0.05, 0) is 49.4 Å². The Bertz CT molecular complexity index is 1350. The molecular weight excluding hydrogens is 468 g/mol. The summed E-state index contributed by atoms with van der Waals surface area (Å²) in [5, 5.41) is 9.87. The number of aromatic nitrogens is 1. The van der Waals surface area contributed by atoms with Crippen LogP contribution in [0.2, 0.25) is 0 Å². The lowest BCUT2D eigenvalue weighted by Gasteiger charge is -2.37. The minimum Gasteiger partial charge on any atom is -0.340 e. The molecule has 1 saturated heterocycles. The predicted octanol–water partition coefficient (Wildman–Crippen LogP) is 3.11. The number of amides is 2. The van der Waals surface area contributed by atoms with Gasteiger partial charge < -0.3 is 9.47 Å². The van der Waals surface area contributed by atoms with Crippen LogP contribution in [-0.4, -0.2) is 69.9 Å². The summed E-state index contributed by atoms with van der Waals surface area (Å²) in [6.07, 6.45) is 3.74. The molecule has 2 N–H and O–H groups in total. The summed E-state index contributed by atoms with van der Waals surface area (Å²) in [4.78, 5) is 42.2. The number of hydrogen-bond donors (Lipinski definition) is 2. The Morgan fingerprint density at radius 2 is 1.68 bits per heavy atom. The smallest absolute Gasteiger partial charge is 0.274 e. The van der Waals surface area contributed by atoms with Crippen molar-refractivity contribution in [3.63, 3.8) is 0 Å². The van der Waals surface area contributed by atoms with Gasteiger partial charge >= 0.3 is 0 Å². The number of carbonyl (C=O) groups is 3. The number of ketones is 1. The lowest BCUT2D eigenvalue weighted by atomic mass is 9.84. The van der Waals surface area contributed by atoms with Gasteiger partial charge in [-0.2, -0.15) is 0 Å². The maximum Gasteiger partial charge on any atom is 0.274 e. The molecule has 2 heterocycles. The summed E-state index contributed by atoms with van der Waals surface area (Å²) in [6.45, 7) is 4.55. The molecule has 2 aromatic carbocycles. The summed E-state index contributed by atoms with van der Waals surface area (Å²) < 4.78 is 2.24. The van der Waals surface area contributed by atoms with E-state index >= 15 is 0 Å². The fraction of sp³-hybridized carbons (Fsp3) is 0.414. The van der Waals surface area contributed by atoms with Gasteiger partial charge in [-0.25, -0.2) is 5.48 Å². The number of hydrogen-bond acceptors (Lipinski definition) is 5. The molecule has 8 heteroatoms. The molecule has 8 nitrogen and oxygen atoms in total. The van der Waals surface area contributed by atoms with Crippen molar-refractivity contribution in [3.05, 3.63) is 70.9 Å². The van der Waals surface area contributed by atoms with Gasteiger partial charge in [-0.3, -0.25) is 24.5 Å². The van der Waals surface area contributed by atoms with E-state index < -0.39 is 5.91 Å². The van der Waals surface area contributed by atoms with Crippen molar-refractivity contribution >= 4 is 28.5 Å². The molecule has 3 aliphatic rings. The first-order valence-corrected chi connectivity index (χ1v) is 13.2. The number of piperazine rings is 1. The Labute approximate surface area is 215 Å². The molecule has 2 aliphatic carbocycles. The quantitative estimate of drug-likeness (QED) is 0.401. The fourth-order valence-electron chi connectivity index (χ4n) is 5.95. The molecule has 192 valence electrons. The molecule has 2 amide bonds. The predicted molar refractivity (Wildman–Crippen MR) is 139 cm³/mol. The van der Waals surface area contributed by atoms with Crippen molar-refractivity contribution in [2.45, 2.75) is 32.2 Å². The van der Waals surface area contributed by atoms with Gasteiger partial charge in [0.25, 0.3) is 5.91 Å². The highest BCUT2D eigenvalue weighted by atomic mass is 16.5. The number of nitrogens with one attached hydrogen (secondary N) is 1. The largest absolute Gasteiger partial charge is 0.340 e. The van der Waals surface area contributed by atoms with Crippen LogP contribution in [0.1, 0.15) is 51.2 Å². The Morgan fingerprint density at radius 1 is 0.946 bits per heavy atom. The van der Waals surface area contributed by atoms with Crippen molar-refractivity contribution in [3.8, 4) is 0 Å². The number of hydroxylamine groups is 1. The van der Waals surface area contributed by atoms with Crippen LogP contribution >= 0.6 is 0 Å². The zero-order chi connectivity index (χ0) is 25.5. The van der Waals surface area contributed by atoms with Crippen LogP contribution in [0, 0.1) is 11.8 Å². The summed E-state index contributed by atoms with van der Waals surface area (Å²) in [6, 6.07) is 15.3. The maximum atomic E-state index is 13.8. The SMILES string of the molecule is O=C(NO)c1ccc(Cn2c3c(c4ccccc42)C(=O)C(CN2CCN(C(=O)C4CC4)CC2)CC3)cc1. The van der Waals surface area contributed by atoms with Crippen molar-refractivity contribution in [2.24, 2.45) is 11.8 Å². The van der Waals surface area contributed by atoms with Gasteiger partial charge in [0.15, 0.2) is 5.78 Å². The van der Waals surface area contributed by atoms with Crippen LogP contribution in [0.3, 0.4) is 0 Å². The highest BCUT2D eigenvalue weighted by Crippen LogP contribution is 2.36. The highest BCUT2D eigenvalue weighted by Gasteiger charge is 2.37. The third-order valence-electron chi connectivity index (χ3n) is 8.17. The van der Waals surface area contributed by atoms with E-state index in [0.29, 0.717) is 18.0 Å². The van der Waals surface area contributed by atoms with Gasteiger partial charge in [-0.15, -0.1) is 0 Å². The fourth-order valence-corrected chi connectivity index (χ4v) is 5.95. The van der Waals surface area contributed by atoms with E-state index in [1.54, 1.807) is 17.6 Å². The first-order valence-electron chi connectivity index (χ1n) is 13.2. The minimum atomic E-state index is -0.539. The van der Waals surface area contributed by atoms with Crippen LogP contribution in [-0.2, 0) is 17.8 Å². The number of rotatable bonds is 6. The van der Waals surface area contributed by atoms with Gasteiger partial charge in [-0.1, -0.05) is 30.3 Å². The first kappa shape index (κ1) is 23.9. The molecule has 37 heavy (non-hydrogen) atoms. The number of Topliss-reactive ketones (excluding diaryl/α,β-unsaturated/α-hetero) is 1. The number of carbonyl (C=O) groups excluding carboxylic acids is 3. The van der Waals surface area contributed by atoms with Crippen molar-refractivity contribution in [1.82, 2.24) is 19.8 Å². The van der Waals surface area contributed by atoms with Gasteiger partial charge in [0.2, 0.25) is 5.91 Å². The van der Waals surface area contributed by atoms with E-state index in [9.17, 15) is 14.4 Å². The second kappa shape index (κ2) is 9.76. The summed E-state index contributed by atoms with van der Waals surface area (Å²) >= 11 is 0. The van der Waals surface area contributed by atoms with Crippen molar-refractivity contribution < 1.29 is 19.6 Å². The Hall–Kier alpha value is -3.49. The highest BCUT2D eigenvalue weighted by molar-refractivity contribution is 6.11. The van der Waals surface area contributed by atoms with Crippen LogP contribution in [0.25, 0.3) is 10.9 Å². The second-order valence-electron chi connectivity index (χ2n) is 10.6. The van der Waals surface area contributed by atoms with Gasteiger partial charge in [0, 0.05) is 78.8 Å². The lowest BCUT2D eigenvalue weighted by Crippen LogP contribution is -2.51. The van der Waals surface area contributed by atoms with E-state index in [1.807, 2.05) is 35.2 Å².